The number of sulfonamides is 1. The Morgan fingerprint density at radius 1 is 1.16 bits per heavy atom. The molecule has 164 valence electrons. The van der Waals surface area contributed by atoms with Crippen molar-refractivity contribution >= 4 is 15.7 Å². The molecular formula is C20H19F3N4O3S. The summed E-state index contributed by atoms with van der Waals surface area (Å²) < 4.78 is 68.5. The lowest BCUT2D eigenvalue weighted by molar-refractivity contribution is -0.274. The second-order valence-corrected chi connectivity index (χ2v) is 9.01. The second kappa shape index (κ2) is 7.97. The van der Waals surface area contributed by atoms with Gasteiger partial charge in [0.25, 0.3) is 0 Å². The van der Waals surface area contributed by atoms with Crippen molar-refractivity contribution in [2.45, 2.75) is 25.1 Å². The number of hydrogen-bond donors (Lipinski definition) is 0. The molecule has 1 fully saturated rings. The molecule has 2 aromatic heterocycles. The molecule has 0 radical (unpaired) electrons. The van der Waals surface area contributed by atoms with Gasteiger partial charge in [-0.05, 0) is 37.1 Å². The minimum atomic E-state index is -4.78. The van der Waals surface area contributed by atoms with Crippen LogP contribution < -0.4 is 4.74 Å². The lowest BCUT2D eigenvalue weighted by Crippen LogP contribution is -2.36. The standard InChI is InChI=1S/C20H19F3N4O3S/c1-2-31(28,29)26-10-8-14(9-11-26)17-6-7-19-24-13-18(27(19)25-17)15-4-3-5-16(12-15)30-20(21,22)23/h2-7,12-14H,1,8-11H2. The Balaban J connectivity index is 1.61. The first-order valence-electron chi connectivity index (χ1n) is 9.50. The van der Waals surface area contributed by atoms with Crippen molar-refractivity contribution in [3.8, 4) is 17.0 Å². The lowest BCUT2D eigenvalue weighted by Gasteiger charge is -2.29. The Bertz CT molecular complexity index is 1220. The number of hydrogen-bond acceptors (Lipinski definition) is 5. The number of ether oxygens (including phenoxy) is 1. The summed E-state index contributed by atoms with van der Waals surface area (Å²) in [4.78, 5) is 4.28. The van der Waals surface area contributed by atoms with Gasteiger partial charge in [-0.25, -0.2) is 17.9 Å². The molecule has 4 rings (SSSR count). The maximum absolute atomic E-state index is 12.6. The van der Waals surface area contributed by atoms with Crippen molar-refractivity contribution in [3.63, 3.8) is 0 Å². The minimum Gasteiger partial charge on any atom is -0.406 e. The molecule has 0 atom stereocenters. The number of piperidine rings is 1. The predicted molar refractivity (Wildman–Crippen MR) is 108 cm³/mol. The van der Waals surface area contributed by atoms with E-state index in [1.54, 1.807) is 16.6 Å². The summed E-state index contributed by atoms with van der Waals surface area (Å²) in [5.74, 6) is -0.275. The van der Waals surface area contributed by atoms with Gasteiger partial charge in [-0.2, -0.15) is 9.40 Å². The van der Waals surface area contributed by atoms with Gasteiger partial charge in [-0.1, -0.05) is 18.7 Å². The smallest absolute Gasteiger partial charge is 0.406 e. The zero-order valence-corrected chi connectivity index (χ0v) is 17.1. The van der Waals surface area contributed by atoms with Crippen molar-refractivity contribution < 1.29 is 26.3 Å². The molecule has 0 spiro atoms. The number of nitrogens with zero attached hydrogens (tertiary/aromatic N) is 4. The number of imidazole rings is 1. The monoisotopic (exact) mass is 452 g/mol. The molecule has 1 saturated heterocycles. The van der Waals surface area contributed by atoms with Crippen molar-refractivity contribution in [3.05, 3.63) is 60.3 Å². The molecule has 11 heteroatoms. The molecule has 0 N–H and O–H groups in total. The van der Waals surface area contributed by atoms with E-state index in [2.05, 4.69) is 21.4 Å². The van der Waals surface area contributed by atoms with Crippen molar-refractivity contribution in [1.82, 2.24) is 18.9 Å². The van der Waals surface area contributed by atoms with Crippen LogP contribution >= 0.6 is 0 Å². The Morgan fingerprint density at radius 2 is 1.90 bits per heavy atom. The summed E-state index contributed by atoms with van der Waals surface area (Å²) in [5, 5.41) is 5.60. The summed E-state index contributed by atoms with van der Waals surface area (Å²) in [7, 11) is -3.44. The zero-order chi connectivity index (χ0) is 22.2. The summed E-state index contributed by atoms with van der Waals surface area (Å²) >= 11 is 0. The van der Waals surface area contributed by atoms with Crippen molar-refractivity contribution in [2.75, 3.05) is 13.1 Å². The van der Waals surface area contributed by atoms with Crippen LogP contribution in [0.25, 0.3) is 16.9 Å². The van der Waals surface area contributed by atoms with Crippen LogP contribution in [0.5, 0.6) is 5.75 Å². The van der Waals surface area contributed by atoms with Gasteiger partial charge in [0.15, 0.2) is 5.65 Å². The maximum Gasteiger partial charge on any atom is 0.573 e. The van der Waals surface area contributed by atoms with Gasteiger partial charge in [-0.3, -0.25) is 0 Å². The van der Waals surface area contributed by atoms with E-state index in [-0.39, 0.29) is 11.7 Å². The molecular weight excluding hydrogens is 433 g/mol. The predicted octanol–water partition coefficient (Wildman–Crippen LogP) is 3.95. The average molecular weight is 452 g/mol. The molecule has 0 aliphatic carbocycles. The molecule has 3 heterocycles. The molecule has 0 amide bonds. The third kappa shape index (κ3) is 4.57. The van der Waals surface area contributed by atoms with Gasteiger partial charge in [0, 0.05) is 30.0 Å². The Morgan fingerprint density at radius 3 is 2.58 bits per heavy atom. The summed E-state index contributed by atoms with van der Waals surface area (Å²) in [6, 6.07) is 9.26. The van der Waals surface area contributed by atoms with Crippen LogP contribution in [-0.4, -0.2) is 46.8 Å². The highest BCUT2D eigenvalue weighted by Crippen LogP contribution is 2.31. The maximum atomic E-state index is 12.6. The number of fused-ring (bicyclic) bond motifs is 1. The van der Waals surface area contributed by atoms with Crippen LogP contribution in [0, 0.1) is 0 Å². The van der Waals surface area contributed by atoms with E-state index >= 15 is 0 Å². The fourth-order valence-electron chi connectivity index (χ4n) is 3.67. The van der Waals surface area contributed by atoms with Crippen LogP contribution in [0.4, 0.5) is 13.2 Å². The summed E-state index contributed by atoms with van der Waals surface area (Å²) in [6.07, 6.45) is -2.04. The third-order valence-corrected chi connectivity index (χ3v) is 6.70. The van der Waals surface area contributed by atoms with E-state index in [4.69, 9.17) is 0 Å². The number of aromatic nitrogens is 3. The molecule has 1 aliphatic heterocycles. The number of alkyl halides is 3. The first kappa shape index (κ1) is 21.3. The van der Waals surface area contributed by atoms with Crippen molar-refractivity contribution in [2.24, 2.45) is 0 Å². The number of halogens is 3. The Labute approximate surface area is 176 Å². The van der Waals surface area contributed by atoms with E-state index in [9.17, 15) is 21.6 Å². The van der Waals surface area contributed by atoms with E-state index in [1.165, 1.54) is 28.7 Å². The van der Waals surface area contributed by atoms with E-state index in [0.717, 1.165) is 11.1 Å². The first-order valence-corrected chi connectivity index (χ1v) is 11.0. The summed E-state index contributed by atoms with van der Waals surface area (Å²) in [6.45, 7) is 4.09. The molecule has 1 aromatic carbocycles. The first-order chi connectivity index (χ1) is 14.7. The number of rotatable bonds is 5. The number of benzene rings is 1. The van der Waals surface area contributed by atoms with Gasteiger partial charge < -0.3 is 4.74 Å². The SMILES string of the molecule is C=CS(=O)(=O)N1CCC(c2ccc3ncc(-c4cccc(OC(F)(F)F)c4)n3n2)CC1. The van der Waals surface area contributed by atoms with Crippen LogP contribution in [-0.2, 0) is 10.0 Å². The fraction of sp³-hybridized carbons (Fsp3) is 0.300. The average Bonchev–Trinajstić information content (AvgIpc) is 3.16. The van der Waals surface area contributed by atoms with Crippen molar-refractivity contribution in [1.29, 1.82) is 0 Å². The van der Waals surface area contributed by atoms with Crippen LogP contribution in [0.2, 0.25) is 0 Å². The van der Waals surface area contributed by atoms with E-state index < -0.39 is 16.4 Å². The fourth-order valence-corrected chi connectivity index (χ4v) is 4.60. The highest BCUT2D eigenvalue weighted by molar-refractivity contribution is 7.92. The Hall–Kier alpha value is -2.92. The highest BCUT2D eigenvalue weighted by Gasteiger charge is 2.31. The normalized spacial score (nSPS) is 16.5. The van der Waals surface area contributed by atoms with Crippen LogP contribution in [0.3, 0.4) is 0 Å². The van der Waals surface area contributed by atoms with Gasteiger partial charge in [0.2, 0.25) is 10.0 Å². The molecule has 7 nitrogen and oxygen atoms in total. The van der Waals surface area contributed by atoms with Gasteiger partial charge in [-0.15, -0.1) is 13.2 Å². The molecule has 31 heavy (non-hydrogen) atoms. The molecule has 3 aromatic rings. The second-order valence-electron chi connectivity index (χ2n) is 7.13. The van der Waals surface area contributed by atoms with Crippen LogP contribution in [0.1, 0.15) is 24.5 Å². The minimum absolute atomic E-state index is 0.0517. The largest absolute Gasteiger partial charge is 0.573 e. The quantitative estimate of drug-likeness (QED) is 0.586. The van der Waals surface area contributed by atoms with Gasteiger partial charge >= 0.3 is 6.36 Å². The summed E-state index contributed by atoms with van der Waals surface area (Å²) in [5.41, 5.74) is 2.32. The third-order valence-electron chi connectivity index (χ3n) is 5.19. The molecule has 0 bridgehead atoms. The molecule has 0 saturated carbocycles. The Kier molecular flexibility index (Phi) is 5.48. The van der Waals surface area contributed by atoms with E-state index in [0.29, 0.717) is 42.8 Å². The van der Waals surface area contributed by atoms with Crippen LogP contribution in [0.15, 0.2) is 54.6 Å². The highest BCUT2D eigenvalue weighted by atomic mass is 32.2. The zero-order valence-electron chi connectivity index (χ0n) is 16.3. The van der Waals surface area contributed by atoms with Gasteiger partial charge in [0.05, 0.1) is 17.6 Å². The lowest BCUT2D eigenvalue weighted by atomic mass is 9.94. The molecule has 0 unspecified atom stereocenters. The van der Waals surface area contributed by atoms with Gasteiger partial charge in [0.1, 0.15) is 5.75 Å². The van der Waals surface area contributed by atoms with E-state index in [1.807, 2.05) is 6.07 Å². The topological polar surface area (TPSA) is 76.8 Å². The molecule has 1 aliphatic rings.